The molecule has 4 aromatic rings. The largest absolute Gasteiger partial charge is 0.272 e. The van der Waals surface area contributed by atoms with Crippen molar-refractivity contribution in [1.29, 1.82) is 0 Å². The predicted molar refractivity (Wildman–Crippen MR) is 127 cm³/mol. The standard InChI is InChI=1S/C22H15Cl2FN6OS/c23-15-4-6-16(7-5-15)31-21(14-8-10-26-11-9-14)29-30-22(31)33-13-20(32)28-27-12-17-18(24)2-1-3-19(17)25/h1-12H,13H2,(H,28,32). The molecule has 1 amide bonds. The fourth-order valence-corrected chi connectivity index (χ4v) is 3.92. The number of hydrazone groups is 1. The molecule has 4 rings (SSSR count). The maximum absolute atomic E-state index is 13.8. The van der Waals surface area contributed by atoms with Crippen LogP contribution >= 0.6 is 35.0 Å². The summed E-state index contributed by atoms with van der Waals surface area (Å²) in [5, 5.41) is 13.6. The van der Waals surface area contributed by atoms with Gasteiger partial charge in [-0.05, 0) is 48.5 Å². The molecule has 33 heavy (non-hydrogen) atoms. The average molecular weight is 501 g/mol. The van der Waals surface area contributed by atoms with E-state index in [2.05, 4.69) is 25.7 Å². The molecule has 1 N–H and O–H groups in total. The van der Waals surface area contributed by atoms with E-state index in [1.807, 2.05) is 28.8 Å². The maximum Gasteiger partial charge on any atom is 0.250 e. The maximum atomic E-state index is 13.8. The van der Waals surface area contributed by atoms with E-state index in [9.17, 15) is 9.18 Å². The van der Waals surface area contributed by atoms with Gasteiger partial charge in [0.25, 0.3) is 5.91 Å². The quantitative estimate of drug-likeness (QED) is 0.219. The number of aromatic nitrogens is 4. The van der Waals surface area contributed by atoms with Crippen molar-refractivity contribution >= 4 is 47.1 Å². The molecule has 0 saturated heterocycles. The van der Waals surface area contributed by atoms with Gasteiger partial charge in [-0.2, -0.15) is 5.10 Å². The summed E-state index contributed by atoms with van der Waals surface area (Å²) in [6.07, 6.45) is 4.49. The second kappa shape index (κ2) is 10.6. The van der Waals surface area contributed by atoms with Crippen molar-refractivity contribution in [3.8, 4) is 17.1 Å². The summed E-state index contributed by atoms with van der Waals surface area (Å²) >= 11 is 13.2. The first kappa shape index (κ1) is 22.9. The number of carbonyl (C=O) groups excluding carboxylic acids is 1. The lowest BCUT2D eigenvalue weighted by molar-refractivity contribution is -0.118. The Morgan fingerprint density at radius 3 is 2.58 bits per heavy atom. The van der Waals surface area contributed by atoms with Crippen LogP contribution in [0.15, 0.2) is 77.2 Å². The molecule has 0 aliphatic rings. The van der Waals surface area contributed by atoms with Crippen molar-refractivity contribution < 1.29 is 9.18 Å². The highest BCUT2D eigenvalue weighted by atomic mass is 35.5. The third-order valence-corrected chi connectivity index (χ3v) is 5.88. The van der Waals surface area contributed by atoms with Crippen LogP contribution in [0.25, 0.3) is 17.1 Å². The van der Waals surface area contributed by atoms with Gasteiger partial charge in [-0.3, -0.25) is 14.3 Å². The van der Waals surface area contributed by atoms with Crippen LogP contribution in [0.3, 0.4) is 0 Å². The summed E-state index contributed by atoms with van der Waals surface area (Å²) in [5.41, 5.74) is 4.05. The van der Waals surface area contributed by atoms with Gasteiger partial charge in [-0.25, -0.2) is 9.82 Å². The third kappa shape index (κ3) is 5.57. The minimum absolute atomic E-state index is 0.00438. The Morgan fingerprint density at radius 1 is 1.09 bits per heavy atom. The topological polar surface area (TPSA) is 85.1 Å². The highest BCUT2D eigenvalue weighted by molar-refractivity contribution is 7.99. The number of nitrogens with one attached hydrogen (secondary N) is 1. The molecular weight excluding hydrogens is 486 g/mol. The highest BCUT2D eigenvalue weighted by Gasteiger charge is 2.17. The fraction of sp³-hybridized carbons (Fsp3) is 0.0455. The SMILES string of the molecule is O=C(CSc1nnc(-c2ccncc2)n1-c1ccc(Cl)cc1)NN=Cc1c(F)cccc1Cl. The van der Waals surface area contributed by atoms with Gasteiger partial charge < -0.3 is 0 Å². The zero-order valence-electron chi connectivity index (χ0n) is 16.8. The Labute approximate surface area is 202 Å². The molecule has 11 heteroatoms. The molecule has 2 aromatic carbocycles. The van der Waals surface area contributed by atoms with Crippen LogP contribution in [0.2, 0.25) is 10.0 Å². The third-order valence-electron chi connectivity index (χ3n) is 4.37. The van der Waals surface area contributed by atoms with E-state index < -0.39 is 11.7 Å². The van der Waals surface area contributed by atoms with Crippen molar-refractivity contribution in [3.05, 3.63) is 88.4 Å². The van der Waals surface area contributed by atoms with Gasteiger partial charge in [-0.1, -0.05) is 41.0 Å². The first-order chi connectivity index (χ1) is 16.0. The summed E-state index contributed by atoms with van der Waals surface area (Å²) in [7, 11) is 0. The smallest absolute Gasteiger partial charge is 0.250 e. The number of halogens is 3. The summed E-state index contributed by atoms with van der Waals surface area (Å²) in [6, 6.07) is 15.1. The number of amides is 1. The van der Waals surface area contributed by atoms with E-state index >= 15 is 0 Å². The van der Waals surface area contributed by atoms with Crippen molar-refractivity contribution in [3.63, 3.8) is 0 Å². The Bertz CT molecular complexity index is 1280. The van der Waals surface area contributed by atoms with Crippen LogP contribution in [0, 0.1) is 5.82 Å². The molecule has 0 aliphatic carbocycles. The van der Waals surface area contributed by atoms with Gasteiger partial charge in [0.05, 0.1) is 17.0 Å². The van der Waals surface area contributed by atoms with E-state index in [-0.39, 0.29) is 16.3 Å². The van der Waals surface area contributed by atoms with E-state index in [1.165, 1.54) is 30.0 Å². The average Bonchev–Trinajstić information content (AvgIpc) is 3.25. The normalized spacial score (nSPS) is 11.1. The van der Waals surface area contributed by atoms with Crippen LogP contribution in [0.1, 0.15) is 5.56 Å². The predicted octanol–water partition coefficient (Wildman–Crippen LogP) is 5.02. The van der Waals surface area contributed by atoms with Gasteiger partial charge >= 0.3 is 0 Å². The van der Waals surface area contributed by atoms with Gasteiger partial charge in [0.2, 0.25) is 0 Å². The van der Waals surface area contributed by atoms with Crippen LogP contribution in [0.4, 0.5) is 4.39 Å². The van der Waals surface area contributed by atoms with Crippen LogP contribution in [-0.2, 0) is 4.79 Å². The molecule has 0 bridgehead atoms. The molecular formula is C22H15Cl2FN6OS. The molecule has 166 valence electrons. The van der Waals surface area contributed by atoms with Crippen LogP contribution < -0.4 is 5.43 Å². The number of carbonyl (C=O) groups is 1. The molecule has 0 aliphatic heterocycles. The van der Waals surface area contributed by atoms with Gasteiger partial charge in [0.1, 0.15) is 5.82 Å². The van der Waals surface area contributed by atoms with E-state index in [1.54, 1.807) is 24.5 Å². The molecule has 0 saturated carbocycles. The molecule has 0 spiro atoms. The number of nitrogens with zero attached hydrogens (tertiary/aromatic N) is 5. The Morgan fingerprint density at radius 2 is 1.85 bits per heavy atom. The van der Waals surface area contributed by atoms with Gasteiger partial charge in [0.15, 0.2) is 11.0 Å². The Kier molecular flexibility index (Phi) is 7.33. The summed E-state index contributed by atoms with van der Waals surface area (Å²) in [5.74, 6) is -0.339. The second-order valence-electron chi connectivity index (χ2n) is 6.57. The van der Waals surface area contributed by atoms with Crippen molar-refractivity contribution in [2.45, 2.75) is 5.16 Å². The lowest BCUT2D eigenvalue weighted by Crippen LogP contribution is -2.20. The summed E-state index contributed by atoms with van der Waals surface area (Å²) in [6.45, 7) is 0. The van der Waals surface area contributed by atoms with E-state index in [0.717, 1.165) is 17.5 Å². The molecule has 0 radical (unpaired) electrons. The summed E-state index contributed by atoms with van der Waals surface area (Å²) in [4.78, 5) is 16.3. The number of benzene rings is 2. The second-order valence-corrected chi connectivity index (χ2v) is 8.36. The molecule has 2 aromatic heterocycles. The highest BCUT2D eigenvalue weighted by Crippen LogP contribution is 2.28. The minimum Gasteiger partial charge on any atom is -0.272 e. The first-order valence-electron chi connectivity index (χ1n) is 9.53. The summed E-state index contributed by atoms with van der Waals surface area (Å²) < 4.78 is 15.6. The van der Waals surface area contributed by atoms with Crippen molar-refractivity contribution in [2.24, 2.45) is 5.10 Å². The fourth-order valence-electron chi connectivity index (χ4n) is 2.84. The monoisotopic (exact) mass is 500 g/mol. The van der Waals surface area contributed by atoms with E-state index in [0.29, 0.717) is 16.0 Å². The Balaban J connectivity index is 1.51. The van der Waals surface area contributed by atoms with Gasteiger partial charge in [-0.15, -0.1) is 10.2 Å². The number of thioether (sulfide) groups is 1. The lowest BCUT2D eigenvalue weighted by Gasteiger charge is -2.10. The van der Waals surface area contributed by atoms with Crippen LogP contribution in [-0.4, -0.2) is 37.6 Å². The molecule has 7 nitrogen and oxygen atoms in total. The Hall–Kier alpha value is -3.27. The number of rotatable bonds is 7. The first-order valence-corrected chi connectivity index (χ1v) is 11.3. The zero-order valence-corrected chi connectivity index (χ0v) is 19.2. The van der Waals surface area contributed by atoms with Gasteiger partial charge in [0, 0.05) is 34.2 Å². The molecule has 0 atom stereocenters. The molecule has 0 unspecified atom stereocenters. The number of hydrogen-bond donors (Lipinski definition) is 1. The zero-order chi connectivity index (χ0) is 23.2. The van der Waals surface area contributed by atoms with Crippen molar-refractivity contribution in [2.75, 3.05) is 5.75 Å². The number of pyridine rings is 1. The lowest BCUT2D eigenvalue weighted by atomic mass is 10.2. The minimum atomic E-state index is -0.533. The molecule has 0 fully saturated rings. The molecule has 2 heterocycles. The van der Waals surface area contributed by atoms with E-state index in [4.69, 9.17) is 23.2 Å². The number of hydrogen-bond acceptors (Lipinski definition) is 6. The van der Waals surface area contributed by atoms with Crippen LogP contribution in [0.5, 0.6) is 0 Å². The van der Waals surface area contributed by atoms with Crippen molar-refractivity contribution in [1.82, 2.24) is 25.2 Å².